The molecule has 1 atom stereocenters. The molecule has 1 aliphatic heterocycles. The third-order valence-corrected chi connectivity index (χ3v) is 4.92. The van der Waals surface area contributed by atoms with Crippen LogP contribution < -0.4 is 4.72 Å². The number of hydrogen-bond donors (Lipinski definition) is 2. The summed E-state index contributed by atoms with van der Waals surface area (Å²) in [7, 11) is -3.62. The van der Waals surface area contributed by atoms with Crippen LogP contribution in [0.2, 0.25) is 0 Å². The Bertz CT molecular complexity index is 392. The first kappa shape index (κ1) is 15.4. The molecule has 0 aliphatic carbocycles. The van der Waals surface area contributed by atoms with Gasteiger partial charge in [0.05, 0.1) is 5.25 Å². The van der Waals surface area contributed by atoms with Crippen LogP contribution in [0.3, 0.4) is 0 Å². The minimum absolute atomic E-state index is 0.402. The Morgan fingerprint density at radius 2 is 1.83 bits per heavy atom. The van der Waals surface area contributed by atoms with Crippen LogP contribution >= 0.6 is 0 Å². The van der Waals surface area contributed by atoms with Crippen LogP contribution in [-0.4, -0.2) is 44.0 Å². The maximum absolute atomic E-state index is 12.1. The Hall–Kier alpha value is -0.660. The molecule has 1 aliphatic rings. The number of aliphatic carboxylic acids is 1. The van der Waals surface area contributed by atoms with Crippen molar-refractivity contribution in [2.24, 2.45) is 5.41 Å². The predicted octanol–water partition coefficient (Wildman–Crippen LogP) is 0.584. The summed E-state index contributed by atoms with van der Waals surface area (Å²) in [6, 6.07) is -1.12. The molecule has 0 aromatic carbocycles. The van der Waals surface area contributed by atoms with Crippen molar-refractivity contribution >= 4 is 16.0 Å². The van der Waals surface area contributed by atoms with Gasteiger partial charge in [0, 0.05) is 13.2 Å². The fourth-order valence-corrected chi connectivity index (χ4v) is 3.63. The first-order chi connectivity index (χ1) is 8.14. The van der Waals surface area contributed by atoms with Gasteiger partial charge in [-0.3, -0.25) is 4.79 Å². The van der Waals surface area contributed by atoms with Gasteiger partial charge in [-0.1, -0.05) is 20.8 Å². The van der Waals surface area contributed by atoms with Gasteiger partial charge >= 0.3 is 5.97 Å². The van der Waals surface area contributed by atoms with Gasteiger partial charge in [-0.15, -0.1) is 0 Å². The molecule has 7 heteroatoms. The summed E-state index contributed by atoms with van der Waals surface area (Å²) in [4.78, 5) is 11.2. The van der Waals surface area contributed by atoms with E-state index in [-0.39, 0.29) is 0 Å². The van der Waals surface area contributed by atoms with Crippen LogP contribution in [0.4, 0.5) is 0 Å². The molecule has 0 saturated carbocycles. The Kier molecular flexibility index (Phi) is 4.74. The fraction of sp³-hybridized carbons (Fsp3) is 0.909. The van der Waals surface area contributed by atoms with E-state index in [2.05, 4.69) is 4.72 Å². The first-order valence-corrected chi connectivity index (χ1v) is 7.51. The average molecular weight is 279 g/mol. The summed E-state index contributed by atoms with van der Waals surface area (Å²) in [6.45, 7) is 5.88. The molecule has 6 nitrogen and oxygen atoms in total. The lowest BCUT2D eigenvalue weighted by atomic mass is 9.88. The molecule has 0 aromatic heterocycles. The Balaban J connectivity index is 2.82. The maximum atomic E-state index is 12.1. The maximum Gasteiger partial charge on any atom is 0.322 e. The van der Waals surface area contributed by atoms with Crippen LogP contribution in [0.5, 0.6) is 0 Å². The molecule has 106 valence electrons. The number of hydrogen-bond acceptors (Lipinski definition) is 4. The van der Waals surface area contributed by atoms with E-state index in [4.69, 9.17) is 9.84 Å². The molecule has 1 saturated heterocycles. The molecule has 0 amide bonds. The molecule has 0 radical (unpaired) electrons. The lowest BCUT2D eigenvalue weighted by Gasteiger charge is -2.30. The highest BCUT2D eigenvalue weighted by atomic mass is 32.2. The van der Waals surface area contributed by atoms with Crippen molar-refractivity contribution in [1.29, 1.82) is 0 Å². The third-order valence-electron chi connectivity index (χ3n) is 3.00. The van der Waals surface area contributed by atoms with Crippen LogP contribution in [0.25, 0.3) is 0 Å². The Morgan fingerprint density at radius 3 is 2.22 bits per heavy atom. The van der Waals surface area contributed by atoms with E-state index in [0.717, 1.165) is 0 Å². The van der Waals surface area contributed by atoms with E-state index in [1.165, 1.54) is 0 Å². The van der Waals surface area contributed by atoms with Crippen LogP contribution in [0, 0.1) is 5.41 Å². The number of ether oxygens (including phenoxy) is 1. The third kappa shape index (κ3) is 3.93. The summed E-state index contributed by atoms with van der Waals surface area (Å²) < 4.78 is 31.7. The number of nitrogens with one attached hydrogen (secondary N) is 1. The molecule has 0 spiro atoms. The van der Waals surface area contributed by atoms with E-state index < -0.39 is 32.7 Å². The SMILES string of the molecule is CC(C)(C)[C@H](NS(=O)(=O)C1CCOCC1)C(=O)O. The van der Waals surface area contributed by atoms with Gasteiger partial charge < -0.3 is 9.84 Å². The normalized spacial score (nSPS) is 20.6. The molecule has 0 bridgehead atoms. The topological polar surface area (TPSA) is 92.7 Å². The summed E-state index contributed by atoms with van der Waals surface area (Å²) in [5.41, 5.74) is -0.677. The van der Waals surface area contributed by atoms with Crippen molar-refractivity contribution in [3.63, 3.8) is 0 Å². The first-order valence-electron chi connectivity index (χ1n) is 5.96. The van der Waals surface area contributed by atoms with Gasteiger partial charge in [-0.2, -0.15) is 0 Å². The number of carbonyl (C=O) groups is 1. The molecule has 2 N–H and O–H groups in total. The molecular weight excluding hydrogens is 258 g/mol. The van der Waals surface area contributed by atoms with E-state index in [9.17, 15) is 13.2 Å². The lowest BCUT2D eigenvalue weighted by Crippen LogP contribution is -2.52. The molecule has 0 aromatic rings. The Labute approximate surface area is 108 Å². The minimum atomic E-state index is -3.62. The number of carboxylic acid groups (broad SMARTS) is 1. The van der Waals surface area contributed by atoms with Crippen molar-refractivity contribution in [3.05, 3.63) is 0 Å². The van der Waals surface area contributed by atoms with Gasteiger partial charge in [-0.05, 0) is 18.3 Å². The van der Waals surface area contributed by atoms with E-state index in [0.29, 0.717) is 26.1 Å². The molecule has 1 heterocycles. The van der Waals surface area contributed by atoms with Gasteiger partial charge in [0.1, 0.15) is 6.04 Å². The highest BCUT2D eigenvalue weighted by Gasteiger charge is 2.38. The number of carboxylic acids is 1. The standard InChI is InChI=1S/C11H21NO5S/c1-11(2,3)9(10(13)14)12-18(15,16)8-4-6-17-7-5-8/h8-9,12H,4-7H2,1-3H3,(H,13,14)/t9-/m1/s1. The van der Waals surface area contributed by atoms with Gasteiger partial charge in [0.2, 0.25) is 10.0 Å². The zero-order chi connectivity index (χ0) is 14.0. The van der Waals surface area contributed by atoms with Gasteiger partial charge in [0.15, 0.2) is 0 Å². The largest absolute Gasteiger partial charge is 0.480 e. The number of sulfonamides is 1. The molecule has 1 rings (SSSR count). The van der Waals surface area contributed by atoms with Crippen molar-refractivity contribution in [2.75, 3.05) is 13.2 Å². The van der Waals surface area contributed by atoms with Crippen molar-refractivity contribution in [1.82, 2.24) is 4.72 Å². The summed E-state index contributed by atoms with van der Waals surface area (Å²) in [5, 5.41) is 8.56. The lowest BCUT2D eigenvalue weighted by molar-refractivity contribution is -0.141. The van der Waals surface area contributed by atoms with E-state index in [1.54, 1.807) is 20.8 Å². The number of rotatable bonds is 4. The summed E-state index contributed by atoms with van der Waals surface area (Å²) in [6.07, 6.45) is 0.817. The second-order valence-corrected chi connectivity index (χ2v) is 7.60. The quantitative estimate of drug-likeness (QED) is 0.785. The van der Waals surface area contributed by atoms with Crippen LogP contribution in [0.1, 0.15) is 33.6 Å². The second-order valence-electron chi connectivity index (χ2n) is 5.61. The van der Waals surface area contributed by atoms with Crippen LogP contribution in [0.15, 0.2) is 0 Å². The van der Waals surface area contributed by atoms with Gasteiger partial charge in [0.25, 0.3) is 0 Å². The fourth-order valence-electron chi connectivity index (χ4n) is 1.84. The summed E-state index contributed by atoms with van der Waals surface area (Å²) in [5.74, 6) is -1.15. The van der Waals surface area contributed by atoms with E-state index >= 15 is 0 Å². The minimum Gasteiger partial charge on any atom is -0.480 e. The van der Waals surface area contributed by atoms with Gasteiger partial charge in [-0.25, -0.2) is 13.1 Å². The van der Waals surface area contributed by atoms with Crippen molar-refractivity contribution in [3.8, 4) is 0 Å². The average Bonchev–Trinajstić information content (AvgIpc) is 2.25. The predicted molar refractivity (Wildman–Crippen MR) is 66.8 cm³/mol. The van der Waals surface area contributed by atoms with E-state index in [1.807, 2.05) is 0 Å². The molecule has 1 fully saturated rings. The van der Waals surface area contributed by atoms with Crippen molar-refractivity contribution < 1.29 is 23.1 Å². The van der Waals surface area contributed by atoms with Crippen LogP contribution in [-0.2, 0) is 19.6 Å². The van der Waals surface area contributed by atoms with Crippen molar-refractivity contribution in [2.45, 2.75) is 44.9 Å². The molecular formula is C11H21NO5S. The monoisotopic (exact) mass is 279 g/mol. The zero-order valence-corrected chi connectivity index (χ0v) is 11.8. The smallest absolute Gasteiger partial charge is 0.322 e. The summed E-state index contributed by atoms with van der Waals surface area (Å²) >= 11 is 0. The molecule has 0 unspecified atom stereocenters. The molecule has 18 heavy (non-hydrogen) atoms. The highest BCUT2D eigenvalue weighted by Crippen LogP contribution is 2.22. The highest BCUT2D eigenvalue weighted by molar-refractivity contribution is 7.90. The Morgan fingerprint density at radius 1 is 1.33 bits per heavy atom. The zero-order valence-electron chi connectivity index (χ0n) is 11.0. The second kappa shape index (κ2) is 5.54.